The minimum absolute atomic E-state index is 0.228. The van der Waals surface area contributed by atoms with Crippen LogP contribution in [0.3, 0.4) is 0 Å². The standard InChI is InChI=1S/C20H21Cl2N3O4S/c21-17-8-5-15(13-18(17)22)24-20(27)19(26)23-10-9-14-3-6-16(7-4-14)30(28,29)25-11-1-2-12-25/h3-8,13H,1-2,9-12H2,(H,23,26)(H,24,27). The summed E-state index contributed by atoms with van der Waals surface area (Å²) in [6.07, 6.45) is 2.22. The molecule has 0 unspecified atom stereocenters. The van der Waals surface area contributed by atoms with Crippen LogP contribution in [0.4, 0.5) is 5.69 Å². The number of nitrogens with zero attached hydrogens (tertiary/aromatic N) is 1. The minimum atomic E-state index is -3.44. The van der Waals surface area contributed by atoms with Gasteiger partial charge in [0, 0.05) is 25.3 Å². The maximum Gasteiger partial charge on any atom is 0.313 e. The molecule has 0 bridgehead atoms. The molecule has 2 N–H and O–H groups in total. The number of sulfonamides is 1. The predicted octanol–water partition coefficient (Wildman–Crippen LogP) is 3.08. The molecule has 160 valence electrons. The molecule has 0 aromatic heterocycles. The van der Waals surface area contributed by atoms with Gasteiger partial charge in [0.25, 0.3) is 0 Å². The lowest BCUT2D eigenvalue weighted by Crippen LogP contribution is -2.36. The van der Waals surface area contributed by atoms with Crippen molar-refractivity contribution in [2.45, 2.75) is 24.2 Å². The van der Waals surface area contributed by atoms with Crippen molar-refractivity contribution in [3.05, 3.63) is 58.1 Å². The van der Waals surface area contributed by atoms with Crippen LogP contribution in [0.2, 0.25) is 10.0 Å². The van der Waals surface area contributed by atoms with Crippen molar-refractivity contribution in [1.82, 2.24) is 9.62 Å². The van der Waals surface area contributed by atoms with E-state index >= 15 is 0 Å². The van der Waals surface area contributed by atoms with E-state index in [0.717, 1.165) is 18.4 Å². The van der Waals surface area contributed by atoms with Crippen LogP contribution in [0.5, 0.6) is 0 Å². The fraction of sp³-hybridized carbons (Fsp3) is 0.300. The Hall–Kier alpha value is -2.13. The number of hydrogen-bond acceptors (Lipinski definition) is 4. The first-order chi connectivity index (χ1) is 14.3. The van der Waals surface area contributed by atoms with Crippen LogP contribution in [-0.2, 0) is 26.0 Å². The molecule has 2 amide bonds. The third-order valence-electron chi connectivity index (χ3n) is 4.71. The summed E-state index contributed by atoms with van der Waals surface area (Å²) in [6, 6.07) is 11.1. The van der Waals surface area contributed by atoms with Crippen LogP contribution in [0.25, 0.3) is 0 Å². The van der Waals surface area contributed by atoms with Crippen molar-refractivity contribution < 1.29 is 18.0 Å². The van der Waals surface area contributed by atoms with Gasteiger partial charge in [-0.3, -0.25) is 9.59 Å². The van der Waals surface area contributed by atoms with E-state index < -0.39 is 21.8 Å². The van der Waals surface area contributed by atoms with E-state index in [4.69, 9.17) is 23.2 Å². The number of benzene rings is 2. The monoisotopic (exact) mass is 469 g/mol. The molecule has 2 aromatic rings. The molecule has 0 radical (unpaired) electrons. The van der Waals surface area contributed by atoms with E-state index in [9.17, 15) is 18.0 Å². The summed E-state index contributed by atoms with van der Waals surface area (Å²) >= 11 is 11.7. The van der Waals surface area contributed by atoms with E-state index in [0.29, 0.717) is 30.2 Å². The summed E-state index contributed by atoms with van der Waals surface area (Å²) in [5.74, 6) is -1.60. The highest BCUT2D eigenvalue weighted by Crippen LogP contribution is 2.25. The minimum Gasteiger partial charge on any atom is -0.347 e. The molecule has 1 fully saturated rings. The molecule has 1 saturated heterocycles. The molecule has 30 heavy (non-hydrogen) atoms. The Kier molecular flexibility index (Phi) is 7.36. The summed E-state index contributed by atoms with van der Waals surface area (Å²) in [5, 5.41) is 5.59. The first-order valence-corrected chi connectivity index (χ1v) is 11.6. The Labute approximate surface area is 185 Å². The zero-order chi connectivity index (χ0) is 21.7. The first-order valence-electron chi connectivity index (χ1n) is 9.41. The van der Waals surface area contributed by atoms with Crippen LogP contribution in [0.15, 0.2) is 47.4 Å². The molecule has 2 aromatic carbocycles. The van der Waals surface area contributed by atoms with Gasteiger partial charge in [-0.1, -0.05) is 35.3 Å². The number of amides is 2. The maximum absolute atomic E-state index is 12.5. The average molecular weight is 470 g/mol. The van der Waals surface area contributed by atoms with Crippen LogP contribution in [-0.4, -0.2) is 44.2 Å². The molecular weight excluding hydrogens is 449 g/mol. The number of anilines is 1. The van der Waals surface area contributed by atoms with Gasteiger partial charge < -0.3 is 10.6 Å². The van der Waals surface area contributed by atoms with Gasteiger partial charge in [-0.05, 0) is 55.2 Å². The molecule has 1 aliphatic heterocycles. The second-order valence-corrected chi connectivity index (χ2v) is 9.60. The van der Waals surface area contributed by atoms with E-state index in [1.165, 1.54) is 22.5 Å². The smallest absolute Gasteiger partial charge is 0.313 e. The normalized spacial score (nSPS) is 14.5. The van der Waals surface area contributed by atoms with Gasteiger partial charge in [-0.25, -0.2) is 8.42 Å². The molecule has 1 heterocycles. The van der Waals surface area contributed by atoms with Crippen molar-refractivity contribution in [2.75, 3.05) is 25.0 Å². The molecule has 10 heteroatoms. The second-order valence-electron chi connectivity index (χ2n) is 6.84. The van der Waals surface area contributed by atoms with E-state index in [1.54, 1.807) is 24.3 Å². The predicted molar refractivity (Wildman–Crippen MR) is 116 cm³/mol. The lowest BCUT2D eigenvalue weighted by atomic mass is 10.1. The van der Waals surface area contributed by atoms with E-state index in [-0.39, 0.29) is 16.5 Å². The van der Waals surface area contributed by atoms with Gasteiger partial charge in [0.1, 0.15) is 0 Å². The number of nitrogens with one attached hydrogen (secondary N) is 2. The zero-order valence-corrected chi connectivity index (χ0v) is 18.4. The molecular formula is C20H21Cl2N3O4S. The molecule has 0 aliphatic carbocycles. The number of carbonyl (C=O) groups excluding carboxylic acids is 2. The largest absolute Gasteiger partial charge is 0.347 e. The molecule has 0 spiro atoms. The number of halogens is 2. The fourth-order valence-electron chi connectivity index (χ4n) is 3.07. The third-order valence-corrected chi connectivity index (χ3v) is 7.36. The van der Waals surface area contributed by atoms with Crippen molar-refractivity contribution in [1.29, 1.82) is 0 Å². The van der Waals surface area contributed by atoms with E-state index in [1.807, 2.05) is 0 Å². The van der Waals surface area contributed by atoms with Crippen LogP contribution < -0.4 is 10.6 Å². The molecule has 0 atom stereocenters. The van der Waals surface area contributed by atoms with Gasteiger partial charge in [0.2, 0.25) is 10.0 Å². The number of carbonyl (C=O) groups is 2. The zero-order valence-electron chi connectivity index (χ0n) is 16.0. The Balaban J connectivity index is 1.49. The van der Waals surface area contributed by atoms with Crippen LogP contribution in [0, 0.1) is 0 Å². The van der Waals surface area contributed by atoms with Gasteiger partial charge in [0.05, 0.1) is 14.9 Å². The molecule has 0 saturated carbocycles. The van der Waals surface area contributed by atoms with Crippen molar-refractivity contribution in [2.24, 2.45) is 0 Å². The van der Waals surface area contributed by atoms with Gasteiger partial charge >= 0.3 is 11.8 Å². The van der Waals surface area contributed by atoms with Crippen molar-refractivity contribution in [3.8, 4) is 0 Å². The quantitative estimate of drug-likeness (QED) is 0.635. The molecule has 3 rings (SSSR count). The Morgan fingerprint density at radius 2 is 1.60 bits per heavy atom. The Morgan fingerprint density at radius 1 is 0.933 bits per heavy atom. The summed E-state index contributed by atoms with van der Waals surface area (Å²) in [5.41, 5.74) is 1.21. The summed E-state index contributed by atoms with van der Waals surface area (Å²) in [7, 11) is -3.44. The highest BCUT2D eigenvalue weighted by Gasteiger charge is 2.26. The lowest BCUT2D eigenvalue weighted by molar-refractivity contribution is -0.136. The fourth-order valence-corrected chi connectivity index (χ4v) is 4.88. The highest BCUT2D eigenvalue weighted by atomic mass is 35.5. The van der Waals surface area contributed by atoms with Crippen LogP contribution in [0.1, 0.15) is 18.4 Å². The third kappa shape index (κ3) is 5.51. The lowest BCUT2D eigenvalue weighted by Gasteiger charge is -2.15. The van der Waals surface area contributed by atoms with Gasteiger partial charge in [-0.2, -0.15) is 4.31 Å². The molecule has 7 nitrogen and oxygen atoms in total. The number of rotatable bonds is 6. The Bertz CT molecular complexity index is 1040. The van der Waals surface area contributed by atoms with Crippen molar-refractivity contribution in [3.63, 3.8) is 0 Å². The summed E-state index contributed by atoms with van der Waals surface area (Å²) in [6.45, 7) is 1.34. The Morgan fingerprint density at radius 3 is 2.23 bits per heavy atom. The molecule has 1 aliphatic rings. The van der Waals surface area contributed by atoms with Crippen LogP contribution >= 0.6 is 23.2 Å². The number of hydrogen-bond donors (Lipinski definition) is 2. The topological polar surface area (TPSA) is 95.6 Å². The average Bonchev–Trinajstić information content (AvgIpc) is 3.27. The summed E-state index contributed by atoms with van der Waals surface area (Å²) in [4.78, 5) is 24.2. The SMILES string of the molecule is O=C(NCCc1ccc(S(=O)(=O)N2CCCC2)cc1)C(=O)Nc1ccc(Cl)c(Cl)c1. The van der Waals surface area contributed by atoms with Gasteiger partial charge in [0.15, 0.2) is 0 Å². The van der Waals surface area contributed by atoms with Crippen molar-refractivity contribution >= 4 is 50.7 Å². The van der Waals surface area contributed by atoms with E-state index in [2.05, 4.69) is 10.6 Å². The highest BCUT2D eigenvalue weighted by molar-refractivity contribution is 7.89. The maximum atomic E-state index is 12.5. The van der Waals surface area contributed by atoms with Gasteiger partial charge in [-0.15, -0.1) is 0 Å². The second kappa shape index (κ2) is 9.78. The summed E-state index contributed by atoms with van der Waals surface area (Å²) < 4.78 is 26.5. The first kappa shape index (κ1) is 22.6.